The normalized spacial score (nSPS) is 24.3. The highest BCUT2D eigenvalue weighted by Gasteiger charge is 2.28. The van der Waals surface area contributed by atoms with E-state index in [1.54, 1.807) is 0 Å². The first-order valence-corrected chi connectivity index (χ1v) is 10.4. The lowest BCUT2D eigenvalue weighted by Crippen LogP contribution is -2.45. The lowest BCUT2D eigenvalue weighted by atomic mass is 10.3. The quantitative estimate of drug-likeness (QED) is 0.497. The van der Waals surface area contributed by atoms with Gasteiger partial charge in [0.1, 0.15) is 0 Å². The van der Waals surface area contributed by atoms with Crippen molar-refractivity contribution in [1.82, 2.24) is 19.8 Å². The Balaban J connectivity index is 1.84. The third-order valence-electron chi connectivity index (χ3n) is 4.35. The van der Waals surface area contributed by atoms with Crippen molar-refractivity contribution in [2.24, 2.45) is 4.99 Å². The first-order chi connectivity index (χ1) is 11.5. The van der Waals surface area contributed by atoms with Crippen molar-refractivity contribution < 1.29 is 13.2 Å². The highest BCUT2D eigenvalue weighted by molar-refractivity contribution is 7.89. The number of rotatable bonds is 6. The molecule has 8 nitrogen and oxygen atoms in total. The molecule has 0 saturated carbocycles. The molecule has 0 aromatic heterocycles. The molecular formula is C15H29N5O3S. The Bertz CT molecular complexity index is 563. The van der Waals surface area contributed by atoms with E-state index in [1.807, 2.05) is 18.7 Å². The second-order valence-electron chi connectivity index (χ2n) is 6.15. The second-order valence-corrected chi connectivity index (χ2v) is 8.24. The van der Waals surface area contributed by atoms with Gasteiger partial charge in [0, 0.05) is 45.2 Å². The Kier molecular flexibility index (Phi) is 6.85. The third kappa shape index (κ3) is 5.07. The molecule has 1 atom stereocenters. The zero-order chi connectivity index (χ0) is 17.6. The van der Waals surface area contributed by atoms with Crippen LogP contribution in [0.15, 0.2) is 4.99 Å². The molecule has 9 heteroatoms. The summed E-state index contributed by atoms with van der Waals surface area (Å²) in [5, 5.41) is 6.53. The summed E-state index contributed by atoms with van der Waals surface area (Å²) in [5.74, 6) is 1.11. The van der Waals surface area contributed by atoms with E-state index in [-0.39, 0.29) is 17.7 Å². The average Bonchev–Trinajstić information content (AvgIpc) is 3.13. The van der Waals surface area contributed by atoms with Gasteiger partial charge in [-0.3, -0.25) is 9.79 Å². The maximum atomic E-state index is 11.8. The standard InChI is InChI=1S/C15H29N5O3S/c1-3-14(21)19-9-6-13(12-19)18-15(16-4-2)17-7-10-20-8-5-11-24(20,22)23/h13H,3-12H2,1-2H3,(H2,16,17,18). The molecule has 138 valence electrons. The van der Waals surface area contributed by atoms with Crippen LogP contribution in [0.5, 0.6) is 0 Å². The number of likely N-dealkylation sites (tertiary alicyclic amines) is 1. The van der Waals surface area contributed by atoms with Crippen LogP contribution >= 0.6 is 0 Å². The number of guanidine groups is 1. The van der Waals surface area contributed by atoms with Crippen molar-refractivity contribution >= 4 is 21.9 Å². The number of hydrogen-bond donors (Lipinski definition) is 2. The monoisotopic (exact) mass is 359 g/mol. The highest BCUT2D eigenvalue weighted by atomic mass is 32.2. The molecule has 2 N–H and O–H groups in total. The van der Waals surface area contributed by atoms with E-state index in [1.165, 1.54) is 4.31 Å². The van der Waals surface area contributed by atoms with Gasteiger partial charge in [0.05, 0.1) is 12.3 Å². The molecule has 1 unspecified atom stereocenters. The first-order valence-electron chi connectivity index (χ1n) is 8.76. The summed E-state index contributed by atoms with van der Waals surface area (Å²) in [5.41, 5.74) is 0. The molecule has 0 radical (unpaired) electrons. The van der Waals surface area contributed by atoms with Gasteiger partial charge >= 0.3 is 0 Å². The zero-order valence-corrected chi connectivity index (χ0v) is 15.4. The molecule has 2 fully saturated rings. The van der Waals surface area contributed by atoms with Crippen molar-refractivity contribution in [3.05, 3.63) is 0 Å². The van der Waals surface area contributed by atoms with Crippen LogP contribution in [-0.2, 0) is 14.8 Å². The summed E-state index contributed by atoms with van der Waals surface area (Å²) in [7, 11) is -3.06. The molecule has 0 aliphatic carbocycles. The number of carbonyl (C=O) groups is 1. The zero-order valence-electron chi connectivity index (χ0n) is 14.6. The predicted molar refractivity (Wildman–Crippen MR) is 94.4 cm³/mol. The number of nitrogens with zero attached hydrogens (tertiary/aromatic N) is 3. The van der Waals surface area contributed by atoms with Gasteiger partial charge in [0.2, 0.25) is 15.9 Å². The lowest BCUT2D eigenvalue weighted by molar-refractivity contribution is -0.129. The van der Waals surface area contributed by atoms with Crippen LogP contribution < -0.4 is 10.6 Å². The molecule has 0 aromatic rings. The topological polar surface area (TPSA) is 94.1 Å². The molecule has 0 bridgehead atoms. The van der Waals surface area contributed by atoms with Crippen LogP contribution in [0.4, 0.5) is 0 Å². The fourth-order valence-electron chi connectivity index (χ4n) is 3.06. The highest BCUT2D eigenvalue weighted by Crippen LogP contribution is 2.12. The molecule has 0 spiro atoms. The van der Waals surface area contributed by atoms with E-state index in [2.05, 4.69) is 15.6 Å². The van der Waals surface area contributed by atoms with Crippen molar-refractivity contribution in [2.45, 2.75) is 39.2 Å². The van der Waals surface area contributed by atoms with Crippen molar-refractivity contribution in [1.29, 1.82) is 0 Å². The maximum Gasteiger partial charge on any atom is 0.222 e. The fourth-order valence-corrected chi connectivity index (χ4v) is 4.58. The smallest absolute Gasteiger partial charge is 0.222 e. The average molecular weight is 359 g/mol. The van der Waals surface area contributed by atoms with Gasteiger partial charge in [-0.25, -0.2) is 12.7 Å². The molecule has 1 amide bonds. The SMILES string of the molecule is CCNC(=NCCN1CCCS1(=O)=O)NC1CCN(C(=O)CC)C1. The van der Waals surface area contributed by atoms with Gasteiger partial charge < -0.3 is 15.5 Å². The summed E-state index contributed by atoms with van der Waals surface area (Å²) in [6.07, 6.45) is 2.13. The van der Waals surface area contributed by atoms with Gasteiger partial charge in [0.15, 0.2) is 5.96 Å². The summed E-state index contributed by atoms with van der Waals surface area (Å²) in [4.78, 5) is 18.1. The van der Waals surface area contributed by atoms with Gasteiger partial charge in [-0.05, 0) is 19.8 Å². The van der Waals surface area contributed by atoms with E-state index in [0.29, 0.717) is 45.0 Å². The minimum Gasteiger partial charge on any atom is -0.357 e. The second kappa shape index (κ2) is 8.66. The Hall–Kier alpha value is -1.35. The Morgan fingerprint density at radius 3 is 2.71 bits per heavy atom. The number of sulfonamides is 1. The first kappa shape index (κ1) is 19.0. The lowest BCUT2D eigenvalue weighted by Gasteiger charge is -2.19. The van der Waals surface area contributed by atoms with Crippen LogP contribution in [0, 0.1) is 0 Å². The van der Waals surface area contributed by atoms with Crippen molar-refractivity contribution in [3.8, 4) is 0 Å². The summed E-state index contributed by atoms with van der Waals surface area (Å²) in [6.45, 7) is 7.51. The fraction of sp³-hybridized carbons (Fsp3) is 0.867. The summed E-state index contributed by atoms with van der Waals surface area (Å²) < 4.78 is 25.1. The molecule has 2 rings (SSSR count). The van der Waals surface area contributed by atoms with Gasteiger partial charge in [-0.1, -0.05) is 6.92 Å². The third-order valence-corrected chi connectivity index (χ3v) is 6.31. The van der Waals surface area contributed by atoms with Gasteiger partial charge in [0.25, 0.3) is 0 Å². The van der Waals surface area contributed by atoms with E-state index in [9.17, 15) is 13.2 Å². The van der Waals surface area contributed by atoms with Crippen molar-refractivity contribution in [2.75, 3.05) is 45.0 Å². The molecule has 2 aliphatic rings. The van der Waals surface area contributed by atoms with Crippen LogP contribution in [0.3, 0.4) is 0 Å². The summed E-state index contributed by atoms with van der Waals surface area (Å²) in [6, 6.07) is 0.189. The number of amides is 1. The minimum atomic E-state index is -3.06. The van der Waals surface area contributed by atoms with E-state index in [4.69, 9.17) is 0 Å². The Labute approximate surface area is 144 Å². The Morgan fingerprint density at radius 1 is 1.29 bits per heavy atom. The number of nitrogens with one attached hydrogen (secondary N) is 2. The summed E-state index contributed by atoms with van der Waals surface area (Å²) >= 11 is 0. The van der Waals surface area contributed by atoms with E-state index >= 15 is 0 Å². The number of aliphatic imine (C=N–C) groups is 1. The van der Waals surface area contributed by atoms with Gasteiger partial charge in [-0.2, -0.15) is 0 Å². The molecule has 24 heavy (non-hydrogen) atoms. The number of carbonyl (C=O) groups excluding carboxylic acids is 1. The molecule has 0 aromatic carbocycles. The molecule has 2 heterocycles. The van der Waals surface area contributed by atoms with Crippen molar-refractivity contribution in [3.63, 3.8) is 0 Å². The van der Waals surface area contributed by atoms with Gasteiger partial charge in [-0.15, -0.1) is 0 Å². The largest absolute Gasteiger partial charge is 0.357 e. The predicted octanol–water partition coefficient (Wildman–Crippen LogP) is -0.412. The van der Waals surface area contributed by atoms with Crippen LogP contribution in [-0.4, -0.2) is 80.6 Å². The van der Waals surface area contributed by atoms with Crippen LogP contribution in [0.25, 0.3) is 0 Å². The molecule has 2 saturated heterocycles. The van der Waals surface area contributed by atoms with E-state index in [0.717, 1.165) is 19.5 Å². The minimum absolute atomic E-state index is 0.181. The number of hydrogen-bond acceptors (Lipinski definition) is 4. The molecule has 2 aliphatic heterocycles. The maximum absolute atomic E-state index is 11.8. The molecular weight excluding hydrogens is 330 g/mol. The van der Waals surface area contributed by atoms with Crippen LogP contribution in [0.1, 0.15) is 33.1 Å². The van der Waals surface area contributed by atoms with Crippen LogP contribution in [0.2, 0.25) is 0 Å². The Morgan fingerprint density at radius 2 is 2.08 bits per heavy atom. The van der Waals surface area contributed by atoms with E-state index < -0.39 is 10.0 Å².